The van der Waals surface area contributed by atoms with Crippen LogP contribution >= 0.6 is 0 Å². The fraction of sp³-hybridized carbons (Fsp3) is 0.700. The lowest BCUT2D eigenvalue weighted by Crippen LogP contribution is -2.15. The zero-order chi connectivity index (χ0) is 21.7. The first kappa shape index (κ1) is 24.1. The minimum Gasteiger partial charge on any atom is -0.193 e. The Morgan fingerprint density at radius 3 is 1.90 bits per heavy atom. The van der Waals surface area contributed by atoms with Crippen molar-refractivity contribution in [3.63, 3.8) is 0 Å². The third-order valence-corrected chi connectivity index (χ3v) is 8.21. The molecule has 1 aromatic carbocycles. The van der Waals surface area contributed by atoms with Crippen molar-refractivity contribution in [2.75, 3.05) is 0 Å². The maximum absolute atomic E-state index is 8.57. The summed E-state index contributed by atoms with van der Waals surface area (Å²) in [4.78, 5) is 0. The highest BCUT2D eigenvalue weighted by Gasteiger charge is 2.23. The summed E-state index contributed by atoms with van der Waals surface area (Å²) in [6, 6.07) is 11.7. The molecule has 1 heteroatoms. The predicted octanol–water partition coefficient (Wildman–Crippen LogP) is 9.14. The Hall–Kier alpha value is -1.55. The number of allylic oxidation sites excluding steroid dienone is 2. The van der Waals surface area contributed by atoms with E-state index in [2.05, 4.69) is 37.3 Å². The summed E-state index contributed by atoms with van der Waals surface area (Å²) in [5.41, 5.74) is 3.09. The molecule has 0 saturated heterocycles. The summed E-state index contributed by atoms with van der Waals surface area (Å²) >= 11 is 0. The molecular formula is C30H45N. The number of nitriles is 1. The van der Waals surface area contributed by atoms with Crippen molar-refractivity contribution in [2.45, 2.75) is 116 Å². The Morgan fingerprint density at radius 1 is 0.806 bits per heavy atom. The van der Waals surface area contributed by atoms with E-state index >= 15 is 0 Å². The van der Waals surface area contributed by atoms with Crippen LogP contribution in [0, 0.1) is 29.1 Å². The van der Waals surface area contributed by atoms with Gasteiger partial charge in [0.05, 0.1) is 6.07 Å². The van der Waals surface area contributed by atoms with E-state index in [-0.39, 0.29) is 0 Å². The van der Waals surface area contributed by atoms with E-state index in [1.807, 2.05) is 6.08 Å². The van der Waals surface area contributed by atoms with Gasteiger partial charge in [-0.05, 0) is 79.7 Å². The van der Waals surface area contributed by atoms with E-state index < -0.39 is 0 Å². The van der Waals surface area contributed by atoms with Crippen LogP contribution in [0.4, 0.5) is 0 Å². The van der Waals surface area contributed by atoms with E-state index in [0.29, 0.717) is 0 Å². The van der Waals surface area contributed by atoms with Gasteiger partial charge in [-0.1, -0.05) is 95.1 Å². The Bertz CT molecular complexity index is 663. The van der Waals surface area contributed by atoms with Gasteiger partial charge in [-0.3, -0.25) is 0 Å². The maximum atomic E-state index is 8.57. The van der Waals surface area contributed by atoms with E-state index in [9.17, 15) is 0 Å². The van der Waals surface area contributed by atoms with Crippen molar-refractivity contribution in [1.82, 2.24) is 0 Å². The molecule has 0 N–H and O–H groups in total. The molecule has 3 rings (SSSR count). The van der Waals surface area contributed by atoms with Gasteiger partial charge in [-0.2, -0.15) is 5.26 Å². The first-order valence-electron chi connectivity index (χ1n) is 13.4. The van der Waals surface area contributed by atoms with E-state index in [1.54, 1.807) is 11.6 Å². The fourth-order valence-electron chi connectivity index (χ4n) is 6.17. The molecule has 0 spiro atoms. The third-order valence-electron chi connectivity index (χ3n) is 8.21. The van der Waals surface area contributed by atoms with Gasteiger partial charge in [-0.15, -0.1) is 0 Å². The second-order valence-corrected chi connectivity index (χ2v) is 10.5. The Morgan fingerprint density at radius 2 is 1.35 bits per heavy atom. The molecule has 2 aliphatic rings. The van der Waals surface area contributed by atoms with Gasteiger partial charge in [0.2, 0.25) is 0 Å². The largest absolute Gasteiger partial charge is 0.193 e. The zero-order valence-electron chi connectivity index (χ0n) is 20.0. The van der Waals surface area contributed by atoms with E-state index in [1.165, 1.54) is 102 Å². The number of aryl methyl sites for hydroxylation is 1. The van der Waals surface area contributed by atoms with Crippen molar-refractivity contribution in [2.24, 2.45) is 17.8 Å². The quantitative estimate of drug-likeness (QED) is 0.259. The lowest BCUT2D eigenvalue weighted by atomic mass is 9.76. The Balaban J connectivity index is 1.23. The smallest absolute Gasteiger partial charge is 0.0908 e. The van der Waals surface area contributed by atoms with Crippen LogP contribution in [0.2, 0.25) is 0 Å². The molecule has 0 heterocycles. The summed E-state index contributed by atoms with van der Waals surface area (Å²) in [5, 5.41) is 8.57. The summed E-state index contributed by atoms with van der Waals surface area (Å²) in [5.74, 6) is 3.72. The monoisotopic (exact) mass is 419 g/mol. The molecule has 1 nitrogen and oxygen atoms in total. The maximum Gasteiger partial charge on any atom is 0.0908 e. The summed E-state index contributed by atoms with van der Waals surface area (Å²) < 4.78 is 0. The molecule has 0 radical (unpaired) electrons. The molecule has 0 atom stereocenters. The van der Waals surface area contributed by atoms with Crippen molar-refractivity contribution in [3.8, 4) is 6.07 Å². The summed E-state index contributed by atoms with van der Waals surface area (Å²) in [6.45, 7) is 2.26. The van der Waals surface area contributed by atoms with Crippen molar-refractivity contribution < 1.29 is 0 Å². The van der Waals surface area contributed by atoms with Gasteiger partial charge >= 0.3 is 0 Å². The van der Waals surface area contributed by atoms with Crippen LogP contribution in [0.3, 0.4) is 0 Å². The van der Waals surface area contributed by atoms with E-state index in [4.69, 9.17) is 5.26 Å². The van der Waals surface area contributed by atoms with Crippen LogP contribution in [-0.2, 0) is 6.42 Å². The lowest BCUT2D eigenvalue weighted by Gasteiger charge is -2.30. The number of nitrogens with zero attached hydrogens (tertiary/aromatic N) is 1. The fourth-order valence-corrected chi connectivity index (χ4v) is 6.17. The average molecular weight is 420 g/mol. The second kappa shape index (κ2) is 13.8. The number of hydrogen-bond acceptors (Lipinski definition) is 1. The van der Waals surface area contributed by atoms with Crippen LogP contribution in [0.1, 0.15) is 120 Å². The lowest BCUT2D eigenvalue weighted by molar-refractivity contribution is 0.244. The molecular weight excluding hydrogens is 374 g/mol. The third kappa shape index (κ3) is 8.48. The highest BCUT2D eigenvalue weighted by molar-refractivity contribution is 5.25. The van der Waals surface area contributed by atoms with Gasteiger partial charge in [0, 0.05) is 6.08 Å². The molecule has 0 aliphatic heterocycles. The normalized spacial score (nSPS) is 26.7. The molecule has 0 unspecified atom stereocenters. The minimum atomic E-state index is 0.817. The molecule has 1 aromatic rings. The molecule has 0 aromatic heterocycles. The molecule has 2 aliphatic carbocycles. The number of unbranched alkanes of at least 4 members (excludes halogenated alkanes) is 1. The Kier molecular flexibility index (Phi) is 10.7. The van der Waals surface area contributed by atoms with Crippen LogP contribution in [0.15, 0.2) is 36.4 Å². The van der Waals surface area contributed by atoms with Gasteiger partial charge in [0.15, 0.2) is 0 Å². The first-order chi connectivity index (χ1) is 15.3. The minimum absolute atomic E-state index is 0.817. The number of rotatable bonds is 11. The van der Waals surface area contributed by atoms with Crippen molar-refractivity contribution in [3.05, 3.63) is 47.5 Å². The summed E-state index contributed by atoms with van der Waals surface area (Å²) in [7, 11) is 0. The molecule has 170 valence electrons. The predicted molar refractivity (Wildman–Crippen MR) is 133 cm³/mol. The van der Waals surface area contributed by atoms with Crippen molar-refractivity contribution >= 4 is 0 Å². The highest BCUT2D eigenvalue weighted by atomic mass is 14.3. The first-order valence-corrected chi connectivity index (χ1v) is 13.4. The summed E-state index contributed by atoms with van der Waals surface area (Å²) in [6.07, 6.45) is 25.9. The van der Waals surface area contributed by atoms with Crippen molar-refractivity contribution in [1.29, 1.82) is 5.26 Å². The van der Waals surface area contributed by atoms with Crippen LogP contribution in [-0.4, -0.2) is 0 Å². The number of benzene rings is 1. The van der Waals surface area contributed by atoms with Gasteiger partial charge in [-0.25, -0.2) is 0 Å². The molecule has 31 heavy (non-hydrogen) atoms. The molecule has 2 saturated carbocycles. The number of hydrogen-bond donors (Lipinski definition) is 0. The van der Waals surface area contributed by atoms with E-state index in [0.717, 1.165) is 30.1 Å². The van der Waals surface area contributed by atoms with Gasteiger partial charge in [0.25, 0.3) is 0 Å². The second-order valence-electron chi connectivity index (χ2n) is 10.5. The molecule has 2 fully saturated rings. The van der Waals surface area contributed by atoms with Gasteiger partial charge in [0.1, 0.15) is 0 Å². The Labute approximate surface area is 192 Å². The SMILES string of the molecule is CCCc1ccc([C@H]2CC[C@H](CCCC[C@H]3CC[C@H](CC/C=C/C#N)CC3)CC2)cc1. The highest BCUT2D eigenvalue weighted by Crippen LogP contribution is 2.38. The molecule has 0 bridgehead atoms. The standard InChI is InChI=1S/C30H45N/c1-2-8-25-16-20-29(21-17-25)30-22-18-28(19-23-30)11-6-5-10-27-14-12-26(13-15-27)9-4-3-7-24-31/h3,7,16-17,20-21,26-28,30H,2,4-6,8-15,18-19,22-23H2,1H3/b7-3+/t26-,27-,28-,30-. The van der Waals surface area contributed by atoms with Crippen LogP contribution < -0.4 is 0 Å². The average Bonchev–Trinajstić information content (AvgIpc) is 2.82. The topological polar surface area (TPSA) is 23.8 Å². The van der Waals surface area contributed by atoms with Gasteiger partial charge < -0.3 is 0 Å². The van der Waals surface area contributed by atoms with Crippen LogP contribution in [0.25, 0.3) is 0 Å². The van der Waals surface area contributed by atoms with Crippen LogP contribution in [0.5, 0.6) is 0 Å². The molecule has 0 amide bonds. The zero-order valence-corrected chi connectivity index (χ0v) is 20.0.